The fourth-order valence-electron chi connectivity index (χ4n) is 4.95. The monoisotopic (exact) mass is 432 g/mol. The molecule has 2 aromatic carbocycles. The van der Waals surface area contributed by atoms with Crippen molar-refractivity contribution in [1.29, 1.82) is 0 Å². The van der Waals surface area contributed by atoms with Gasteiger partial charge in [0.1, 0.15) is 0 Å². The van der Waals surface area contributed by atoms with Crippen LogP contribution in [-0.4, -0.2) is 36.1 Å². The van der Waals surface area contributed by atoms with E-state index in [1.165, 1.54) is 16.7 Å². The lowest BCUT2D eigenvalue weighted by Gasteiger charge is -2.42. The molecule has 162 valence electrons. The van der Waals surface area contributed by atoms with Crippen LogP contribution < -0.4 is 5.73 Å². The summed E-state index contributed by atoms with van der Waals surface area (Å²) in [6.45, 7) is 2.11. The molecule has 1 heterocycles. The molecule has 3 atom stereocenters. The molecule has 1 saturated heterocycles. The van der Waals surface area contributed by atoms with Gasteiger partial charge in [0.05, 0.1) is 6.10 Å². The van der Waals surface area contributed by atoms with Crippen molar-refractivity contribution in [2.45, 2.75) is 37.8 Å². The Morgan fingerprint density at radius 1 is 1.13 bits per heavy atom. The number of allylic oxidation sites excluding steroid dienone is 3. The Morgan fingerprint density at radius 3 is 2.61 bits per heavy atom. The zero-order valence-electron chi connectivity index (χ0n) is 18.2. The predicted molar refractivity (Wildman–Crippen MR) is 133 cm³/mol. The number of nitrogens with zero attached hydrogens (tertiary/aromatic N) is 1. The van der Waals surface area contributed by atoms with Crippen LogP contribution >= 0.6 is 12.2 Å². The molecule has 31 heavy (non-hydrogen) atoms. The van der Waals surface area contributed by atoms with Gasteiger partial charge in [-0.2, -0.15) is 0 Å². The first-order valence-corrected chi connectivity index (χ1v) is 11.6. The number of anilines is 1. The van der Waals surface area contributed by atoms with Gasteiger partial charge < -0.3 is 10.5 Å². The molecule has 0 saturated carbocycles. The number of thiocarbonyl (C=S) groups is 1. The van der Waals surface area contributed by atoms with Crippen LogP contribution in [0.3, 0.4) is 0 Å². The molecule has 2 aliphatic rings. The number of nitrogen functional groups attached to an aromatic ring is 1. The standard InChI is InChI=1S/C27H32N2OS/c1-30-27(24-9-5-6-10-26(24)31)22-16-18-29(17-15-20-7-3-2-4-8-20)25(19-22)21-11-13-23(28)14-12-21/h2-9,11-14,22,25,27H,10,15-19,28H2,1H3. The maximum absolute atomic E-state index is 6.04. The fraction of sp³-hybridized carbons (Fsp3) is 0.370. The van der Waals surface area contributed by atoms with E-state index in [-0.39, 0.29) is 6.10 Å². The summed E-state index contributed by atoms with van der Waals surface area (Å²) in [6.07, 6.45) is 10.5. The Labute approximate surface area is 191 Å². The number of piperidine rings is 1. The lowest BCUT2D eigenvalue weighted by Crippen LogP contribution is -2.42. The van der Waals surface area contributed by atoms with E-state index in [0.29, 0.717) is 12.0 Å². The van der Waals surface area contributed by atoms with E-state index in [1.54, 1.807) is 0 Å². The summed E-state index contributed by atoms with van der Waals surface area (Å²) < 4.78 is 6.04. The lowest BCUT2D eigenvalue weighted by atomic mass is 9.79. The highest BCUT2D eigenvalue weighted by atomic mass is 32.1. The van der Waals surface area contributed by atoms with Crippen LogP contribution in [0.1, 0.15) is 36.4 Å². The number of benzene rings is 2. The number of rotatable bonds is 7. The van der Waals surface area contributed by atoms with Crippen molar-refractivity contribution >= 4 is 22.8 Å². The summed E-state index contributed by atoms with van der Waals surface area (Å²) in [4.78, 5) is 3.65. The SMILES string of the molecule is COC(C1=CC=CCC1=S)C1CCN(CCc2ccccc2)C(c2ccc(N)cc2)C1. The minimum Gasteiger partial charge on any atom is -0.399 e. The molecule has 0 amide bonds. The summed E-state index contributed by atoms with van der Waals surface area (Å²) in [5, 5.41) is 0. The van der Waals surface area contributed by atoms with Crippen LogP contribution in [0.25, 0.3) is 0 Å². The first-order chi connectivity index (χ1) is 15.2. The Balaban J connectivity index is 1.54. The highest BCUT2D eigenvalue weighted by Gasteiger charge is 2.36. The number of ether oxygens (including phenoxy) is 1. The number of hydrogen-bond acceptors (Lipinski definition) is 4. The van der Waals surface area contributed by atoms with Crippen molar-refractivity contribution < 1.29 is 4.74 Å². The first-order valence-electron chi connectivity index (χ1n) is 11.2. The smallest absolute Gasteiger partial charge is 0.0861 e. The van der Waals surface area contributed by atoms with Gasteiger partial charge in [0.15, 0.2) is 0 Å². The predicted octanol–water partition coefficient (Wildman–Crippen LogP) is 5.54. The van der Waals surface area contributed by atoms with Gasteiger partial charge in [-0.15, -0.1) is 0 Å². The molecule has 0 radical (unpaired) electrons. The van der Waals surface area contributed by atoms with Gasteiger partial charge >= 0.3 is 0 Å². The van der Waals surface area contributed by atoms with E-state index < -0.39 is 0 Å². The Morgan fingerprint density at radius 2 is 1.90 bits per heavy atom. The molecule has 4 heteroatoms. The van der Waals surface area contributed by atoms with E-state index in [0.717, 1.165) is 49.3 Å². The van der Waals surface area contributed by atoms with Crippen LogP contribution in [0.15, 0.2) is 78.4 Å². The van der Waals surface area contributed by atoms with Crippen LogP contribution in [0.2, 0.25) is 0 Å². The third-order valence-electron chi connectivity index (χ3n) is 6.63. The molecular weight excluding hydrogens is 400 g/mol. The molecule has 2 aromatic rings. The average molecular weight is 433 g/mol. The zero-order chi connectivity index (χ0) is 21.6. The molecule has 1 aliphatic carbocycles. The van der Waals surface area contributed by atoms with Crippen molar-refractivity contribution in [3.8, 4) is 0 Å². The Bertz CT molecular complexity index is 935. The van der Waals surface area contributed by atoms with Gasteiger partial charge in [0, 0.05) is 36.7 Å². The van der Waals surface area contributed by atoms with Crippen LogP contribution in [-0.2, 0) is 11.2 Å². The molecule has 1 aliphatic heterocycles. The van der Waals surface area contributed by atoms with Gasteiger partial charge in [0.2, 0.25) is 0 Å². The highest BCUT2D eigenvalue weighted by Crippen LogP contribution is 2.39. The normalized spacial score (nSPS) is 22.9. The van der Waals surface area contributed by atoms with Gasteiger partial charge in [-0.3, -0.25) is 4.90 Å². The largest absolute Gasteiger partial charge is 0.399 e. The van der Waals surface area contributed by atoms with E-state index in [4.69, 9.17) is 22.7 Å². The van der Waals surface area contributed by atoms with Gasteiger partial charge in [-0.25, -0.2) is 0 Å². The zero-order valence-corrected chi connectivity index (χ0v) is 19.1. The van der Waals surface area contributed by atoms with Crippen LogP contribution in [0.5, 0.6) is 0 Å². The molecular formula is C27H32N2OS. The van der Waals surface area contributed by atoms with Gasteiger partial charge in [0.25, 0.3) is 0 Å². The van der Waals surface area contributed by atoms with Gasteiger partial charge in [-0.1, -0.05) is 72.9 Å². The summed E-state index contributed by atoms with van der Waals surface area (Å²) in [7, 11) is 1.83. The van der Waals surface area contributed by atoms with E-state index >= 15 is 0 Å². The summed E-state index contributed by atoms with van der Waals surface area (Å²) in [6, 6.07) is 19.5. The minimum absolute atomic E-state index is 0.0602. The summed E-state index contributed by atoms with van der Waals surface area (Å²) >= 11 is 5.67. The topological polar surface area (TPSA) is 38.5 Å². The maximum atomic E-state index is 6.04. The van der Waals surface area contributed by atoms with Crippen molar-refractivity contribution in [3.63, 3.8) is 0 Å². The molecule has 0 bridgehead atoms. The van der Waals surface area contributed by atoms with E-state index in [2.05, 4.69) is 65.6 Å². The molecule has 0 aromatic heterocycles. The van der Waals surface area contributed by atoms with Crippen molar-refractivity contribution in [2.24, 2.45) is 5.92 Å². The molecule has 0 spiro atoms. The third-order valence-corrected chi connectivity index (χ3v) is 7.03. The number of nitrogens with two attached hydrogens (primary N) is 1. The second-order valence-corrected chi connectivity index (χ2v) is 9.07. The van der Waals surface area contributed by atoms with Crippen LogP contribution in [0.4, 0.5) is 5.69 Å². The van der Waals surface area contributed by atoms with Crippen molar-refractivity contribution in [3.05, 3.63) is 89.5 Å². The maximum Gasteiger partial charge on any atom is 0.0861 e. The second-order valence-electron chi connectivity index (χ2n) is 8.57. The Kier molecular flexibility index (Phi) is 7.33. The molecule has 1 fully saturated rings. The third kappa shape index (κ3) is 5.32. The highest BCUT2D eigenvalue weighted by molar-refractivity contribution is 7.80. The second kappa shape index (κ2) is 10.4. The van der Waals surface area contributed by atoms with E-state index in [9.17, 15) is 0 Å². The lowest BCUT2D eigenvalue weighted by molar-refractivity contribution is 0.0241. The quantitative estimate of drug-likeness (QED) is 0.461. The van der Waals surface area contributed by atoms with Crippen molar-refractivity contribution in [1.82, 2.24) is 4.90 Å². The summed E-state index contributed by atoms with van der Waals surface area (Å²) in [5.74, 6) is 0.441. The number of methoxy groups -OCH3 is 1. The fourth-order valence-corrected chi connectivity index (χ4v) is 5.23. The van der Waals surface area contributed by atoms with Crippen LogP contribution in [0, 0.1) is 5.92 Å². The Hall–Kier alpha value is -2.27. The molecule has 2 N–H and O–H groups in total. The summed E-state index contributed by atoms with van der Waals surface area (Å²) in [5.41, 5.74) is 10.7. The molecule has 4 rings (SSSR count). The number of likely N-dealkylation sites (tertiary alicyclic amines) is 1. The van der Waals surface area contributed by atoms with Crippen molar-refractivity contribution in [2.75, 3.05) is 25.9 Å². The van der Waals surface area contributed by atoms with E-state index in [1.807, 2.05) is 19.2 Å². The average Bonchev–Trinajstić information content (AvgIpc) is 2.81. The van der Waals surface area contributed by atoms with Gasteiger partial charge in [-0.05, 0) is 60.6 Å². The molecule has 3 nitrogen and oxygen atoms in total. The molecule has 3 unspecified atom stereocenters. The number of hydrogen-bond donors (Lipinski definition) is 1. The minimum atomic E-state index is 0.0602. The first kappa shape index (κ1) is 21.9.